The molecule has 0 aliphatic carbocycles. The van der Waals surface area contributed by atoms with Crippen LogP contribution in [0.25, 0.3) is 11.0 Å². The molecule has 0 bridgehead atoms. The molecule has 0 atom stereocenters. The Labute approximate surface area is 101 Å². The zero-order chi connectivity index (χ0) is 13.1. The van der Waals surface area contributed by atoms with Gasteiger partial charge in [-0.2, -0.15) is 0 Å². The summed E-state index contributed by atoms with van der Waals surface area (Å²) >= 11 is 0. The molecule has 0 spiro atoms. The number of ether oxygens (including phenoxy) is 1. The molecular formula is C11H11N3O4. The number of H-pyrrole nitrogens is 1. The van der Waals surface area contributed by atoms with Crippen LogP contribution in [-0.2, 0) is 16.1 Å². The number of pyridine rings is 1. The third kappa shape index (κ3) is 2.15. The lowest BCUT2D eigenvalue weighted by Gasteiger charge is -2.07. The number of carbonyl (C=O) groups excluding carboxylic acids is 1. The molecule has 2 rings (SSSR count). The number of nitrogens with zero attached hydrogens (tertiary/aromatic N) is 2. The van der Waals surface area contributed by atoms with Crippen LogP contribution in [-0.4, -0.2) is 27.1 Å². The first kappa shape index (κ1) is 12.0. The SMILES string of the molecule is CCOC(=O)Cn1c(=O)[nH]c(=O)c2cccnc21. The summed E-state index contributed by atoms with van der Waals surface area (Å²) in [6.07, 6.45) is 1.45. The molecule has 0 saturated heterocycles. The maximum absolute atomic E-state index is 11.7. The number of aromatic amines is 1. The van der Waals surface area contributed by atoms with E-state index in [1.807, 2.05) is 0 Å². The predicted octanol–water partition coefficient (Wildman–Crippen LogP) is -0.352. The van der Waals surface area contributed by atoms with Crippen LogP contribution in [0.3, 0.4) is 0 Å². The van der Waals surface area contributed by atoms with Crippen LogP contribution in [0.1, 0.15) is 6.92 Å². The molecule has 7 heteroatoms. The van der Waals surface area contributed by atoms with Crippen molar-refractivity contribution in [1.82, 2.24) is 14.5 Å². The zero-order valence-electron chi connectivity index (χ0n) is 9.67. The van der Waals surface area contributed by atoms with Crippen molar-refractivity contribution < 1.29 is 9.53 Å². The summed E-state index contributed by atoms with van der Waals surface area (Å²) < 4.78 is 5.84. The summed E-state index contributed by atoms with van der Waals surface area (Å²) in [6, 6.07) is 3.11. The summed E-state index contributed by atoms with van der Waals surface area (Å²) in [5.74, 6) is -0.557. The molecule has 0 aliphatic rings. The fraction of sp³-hybridized carbons (Fsp3) is 0.273. The average Bonchev–Trinajstić information content (AvgIpc) is 2.35. The fourth-order valence-corrected chi connectivity index (χ4v) is 1.60. The van der Waals surface area contributed by atoms with Crippen LogP contribution in [0.5, 0.6) is 0 Å². The van der Waals surface area contributed by atoms with Gasteiger partial charge in [0.2, 0.25) is 0 Å². The smallest absolute Gasteiger partial charge is 0.330 e. The number of nitrogens with one attached hydrogen (secondary N) is 1. The van der Waals surface area contributed by atoms with Gasteiger partial charge in [-0.05, 0) is 19.1 Å². The van der Waals surface area contributed by atoms with Gasteiger partial charge in [-0.25, -0.2) is 9.78 Å². The van der Waals surface area contributed by atoms with Crippen molar-refractivity contribution in [2.24, 2.45) is 0 Å². The third-order valence-corrected chi connectivity index (χ3v) is 2.35. The van der Waals surface area contributed by atoms with Crippen LogP contribution in [0.4, 0.5) is 0 Å². The van der Waals surface area contributed by atoms with E-state index < -0.39 is 17.2 Å². The Kier molecular flexibility index (Phi) is 3.22. The lowest BCUT2D eigenvalue weighted by molar-refractivity contribution is -0.143. The molecule has 2 heterocycles. The van der Waals surface area contributed by atoms with Gasteiger partial charge in [-0.3, -0.25) is 19.1 Å². The molecule has 0 saturated carbocycles. The van der Waals surface area contributed by atoms with Crippen molar-refractivity contribution in [2.75, 3.05) is 6.61 Å². The van der Waals surface area contributed by atoms with E-state index in [-0.39, 0.29) is 24.2 Å². The van der Waals surface area contributed by atoms with Crippen molar-refractivity contribution in [1.29, 1.82) is 0 Å². The first-order valence-corrected chi connectivity index (χ1v) is 5.37. The second-order valence-corrected chi connectivity index (χ2v) is 3.53. The zero-order valence-corrected chi connectivity index (χ0v) is 9.67. The molecule has 94 valence electrons. The molecule has 0 fully saturated rings. The van der Waals surface area contributed by atoms with Crippen LogP contribution < -0.4 is 11.2 Å². The predicted molar refractivity (Wildman–Crippen MR) is 63.3 cm³/mol. The molecule has 18 heavy (non-hydrogen) atoms. The Morgan fingerprint density at radius 2 is 2.28 bits per heavy atom. The molecule has 0 aromatic carbocycles. The van der Waals surface area contributed by atoms with Gasteiger partial charge in [0, 0.05) is 6.20 Å². The van der Waals surface area contributed by atoms with Gasteiger partial charge in [0.05, 0.1) is 12.0 Å². The second-order valence-electron chi connectivity index (χ2n) is 3.53. The van der Waals surface area contributed by atoms with Gasteiger partial charge in [-0.15, -0.1) is 0 Å². The molecular weight excluding hydrogens is 238 g/mol. The van der Waals surface area contributed by atoms with Gasteiger partial charge in [0.15, 0.2) is 0 Å². The molecule has 2 aromatic heterocycles. The highest BCUT2D eigenvalue weighted by Gasteiger charge is 2.11. The van der Waals surface area contributed by atoms with Crippen molar-refractivity contribution >= 4 is 17.0 Å². The lowest BCUT2D eigenvalue weighted by Crippen LogP contribution is -2.33. The van der Waals surface area contributed by atoms with Crippen LogP contribution >= 0.6 is 0 Å². The van der Waals surface area contributed by atoms with Crippen molar-refractivity contribution in [3.8, 4) is 0 Å². The van der Waals surface area contributed by atoms with E-state index in [0.717, 1.165) is 4.57 Å². The van der Waals surface area contributed by atoms with Crippen LogP contribution in [0.15, 0.2) is 27.9 Å². The minimum absolute atomic E-state index is 0.166. The van der Waals surface area contributed by atoms with Gasteiger partial charge in [0.25, 0.3) is 5.56 Å². The number of esters is 1. The van der Waals surface area contributed by atoms with Crippen molar-refractivity contribution in [3.63, 3.8) is 0 Å². The van der Waals surface area contributed by atoms with Crippen LogP contribution in [0.2, 0.25) is 0 Å². The standard InChI is InChI=1S/C11H11N3O4/c1-2-18-8(15)6-14-9-7(4-3-5-12-9)10(16)13-11(14)17/h3-5H,2,6H2,1H3,(H,13,16,17). The van der Waals surface area contributed by atoms with E-state index in [9.17, 15) is 14.4 Å². The molecule has 7 nitrogen and oxygen atoms in total. The highest BCUT2D eigenvalue weighted by molar-refractivity contribution is 5.76. The van der Waals surface area contributed by atoms with E-state index in [2.05, 4.69) is 9.97 Å². The Hall–Kier alpha value is -2.44. The highest BCUT2D eigenvalue weighted by atomic mass is 16.5. The number of hydrogen-bond donors (Lipinski definition) is 1. The van der Waals surface area contributed by atoms with E-state index >= 15 is 0 Å². The molecule has 0 amide bonds. The van der Waals surface area contributed by atoms with E-state index in [1.165, 1.54) is 12.3 Å². The molecule has 1 N–H and O–H groups in total. The highest BCUT2D eigenvalue weighted by Crippen LogP contribution is 2.02. The molecule has 0 radical (unpaired) electrons. The van der Waals surface area contributed by atoms with E-state index in [4.69, 9.17) is 4.74 Å². The number of hydrogen-bond acceptors (Lipinski definition) is 5. The Morgan fingerprint density at radius 3 is 3.00 bits per heavy atom. The average molecular weight is 249 g/mol. The maximum Gasteiger partial charge on any atom is 0.330 e. The number of carbonyl (C=O) groups is 1. The minimum atomic E-state index is -0.681. The lowest BCUT2D eigenvalue weighted by atomic mass is 10.3. The van der Waals surface area contributed by atoms with E-state index in [0.29, 0.717) is 0 Å². The Bertz CT molecular complexity index is 701. The fourth-order valence-electron chi connectivity index (χ4n) is 1.60. The number of fused-ring (bicyclic) bond motifs is 1. The van der Waals surface area contributed by atoms with Gasteiger partial charge in [0.1, 0.15) is 12.2 Å². The largest absolute Gasteiger partial charge is 0.465 e. The Balaban J connectivity index is 2.60. The summed E-state index contributed by atoms with van der Waals surface area (Å²) in [5.41, 5.74) is -1.04. The summed E-state index contributed by atoms with van der Waals surface area (Å²) in [7, 11) is 0. The Morgan fingerprint density at radius 1 is 1.50 bits per heavy atom. The molecule has 0 aliphatic heterocycles. The monoisotopic (exact) mass is 249 g/mol. The summed E-state index contributed by atoms with van der Waals surface area (Å²) in [5, 5.41) is 0.251. The number of aromatic nitrogens is 3. The topological polar surface area (TPSA) is 94.0 Å². The molecule has 0 unspecified atom stereocenters. The number of rotatable bonds is 3. The second kappa shape index (κ2) is 4.82. The van der Waals surface area contributed by atoms with Gasteiger partial charge in [-0.1, -0.05) is 0 Å². The molecule has 2 aromatic rings. The van der Waals surface area contributed by atoms with Gasteiger partial charge < -0.3 is 4.74 Å². The summed E-state index contributed by atoms with van der Waals surface area (Å²) in [6.45, 7) is 1.61. The van der Waals surface area contributed by atoms with E-state index in [1.54, 1.807) is 13.0 Å². The van der Waals surface area contributed by atoms with Crippen LogP contribution in [0, 0.1) is 0 Å². The first-order valence-electron chi connectivity index (χ1n) is 5.37. The summed E-state index contributed by atoms with van der Waals surface area (Å²) in [4.78, 5) is 40.7. The maximum atomic E-state index is 11.7. The van der Waals surface area contributed by atoms with Crippen molar-refractivity contribution in [2.45, 2.75) is 13.5 Å². The normalized spacial score (nSPS) is 10.5. The van der Waals surface area contributed by atoms with Gasteiger partial charge >= 0.3 is 11.7 Å². The minimum Gasteiger partial charge on any atom is -0.465 e. The quantitative estimate of drug-likeness (QED) is 0.750. The van der Waals surface area contributed by atoms with Crippen molar-refractivity contribution in [3.05, 3.63) is 39.2 Å². The first-order chi connectivity index (χ1) is 8.63. The third-order valence-electron chi connectivity index (χ3n) is 2.35.